The van der Waals surface area contributed by atoms with Gasteiger partial charge < -0.3 is 14.9 Å². The van der Waals surface area contributed by atoms with E-state index in [9.17, 15) is 13.2 Å². The Kier molecular flexibility index (Phi) is 26.7. The van der Waals surface area contributed by atoms with E-state index in [-0.39, 0.29) is 6.61 Å². The van der Waals surface area contributed by atoms with E-state index in [0.717, 1.165) is 19.5 Å². The second kappa shape index (κ2) is 21.0. The van der Waals surface area contributed by atoms with Gasteiger partial charge in [-0.1, -0.05) is 33.8 Å². The lowest BCUT2D eigenvalue weighted by Gasteiger charge is -2.00. The highest BCUT2D eigenvalue weighted by molar-refractivity contribution is 7.80. The van der Waals surface area contributed by atoms with Gasteiger partial charge in [0.25, 0.3) is 0 Å². The van der Waals surface area contributed by atoms with Gasteiger partial charge in [-0.25, -0.2) is 8.98 Å². The number of carboxylic acid groups (broad SMARTS) is 1. The summed E-state index contributed by atoms with van der Waals surface area (Å²) in [5.74, 6) is -0.883. The molecule has 0 radical (unpaired) electrons. The molecule has 0 fully saturated rings. The molecule has 8 nitrogen and oxygen atoms in total. The topological polar surface area (TPSA) is 107 Å². The van der Waals surface area contributed by atoms with Crippen LogP contribution in [0.4, 0.5) is 0 Å². The molecule has 0 saturated heterocycles. The first-order valence-corrected chi connectivity index (χ1v) is 9.47. The van der Waals surface area contributed by atoms with Crippen LogP contribution in [0.25, 0.3) is 0 Å². The lowest BCUT2D eigenvalue weighted by molar-refractivity contribution is -0.132. The van der Waals surface area contributed by atoms with Crippen molar-refractivity contribution in [1.29, 1.82) is 0 Å². The molecular formula is C16H38N2O6S. The van der Waals surface area contributed by atoms with Gasteiger partial charge in [-0.3, -0.25) is 4.55 Å². The van der Waals surface area contributed by atoms with Crippen molar-refractivity contribution in [3.05, 3.63) is 12.2 Å². The minimum atomic E-state index is -4.17. The molecule has 0 aromatic rings. The fourth-order valence-corrected chi connectivity index (χ4v) is 0.855. The molecule has 0 spiro atoms. The Morgan fingerprint density at radius 3 is 1.36 bits per heavy atom. The van der Waals surface area contributed by atoms with Crippen LogP contribution >= 0.6 is 0 Å². The summed E-state index contributed by atoms with van der Waals surface area (Å²) in [6.07, 6.45) is 1.44. The van der Waals surface area contributed by atoms with Gasteiger partial charge in [0.05, 0.1) is 6.61 Å². The van der Waals surface area contributed by atoms with E-state index in [2.05, 4.69) is 62.6 Å². The molecule has 0 aliphatic rings. The van der Waals surface area contributed by atoms with E-state index in [0.29, 0.717) is 12.0 Å². The first kappa shape index (κ1) is 31.7. The quantitative estimate of drug-likeness (QED) is 0.507. The van der Waals surface area contributed by atoms with Crippen molar-refractivity contribution >= 4 is 16.4 Å². The molecule has 2 N–H and O–H groups in total. The van der Waals surface area contributed by atoms with Gasteiger partial charge in [0.1, 0.15) is 0 Å². The fourth-order valence-electron chi connectivity index (χ4n) is 0.558. The zero-order valence-corrected chi connectivity index (χ0v) is 17.9. The maximum atomic E-state index is 9.99. The molecule has 0 unspecified atom stereocenters. The molecule has 0 aliphatic heterocycles. The molecule has 0 aliphatic carbocycles. The second-order valence-corrected chi connectivity index (χ2v) is 6.38. The molecular weight excluding hydrogens is 348 g/mol. The lowest BCUT2D eigenvalue weighted by Crippen LogP contribution is -2.08. The number of carbonyl (C=O) groups is 1. The van der Waals surface area contributed by atoms with Crippen molar-refractivity contribution < 1.29 is 27.1 Å². The normalized spacial score (nSPS) is 9.88. The average molecular weight is 387 g/mol. The first-order chi connectivity index (χ1) is 11.3. The number of nitrogens with zero attached hydrogens (tertiary/aromatic N) is 2. The minimum Gasteiger partial charge on any atom is -0.478 e. The van der Waals surface area contributed by atoms with Crippen molar-refractivity contribution in [3.8, 4) is 0 Å². The third kappa shape index (κ3) is 51.8. The Hall–Kier alpha value is -1.00. The maximum Gasteiger partial charge on any atom is 0.397 e. The lowest BCUT2D eigenvalue weighted by atomic mass is 10.2. The predicted molar refractivity (Wildman–Crippen MR) is 103 cm³/mol. The Bertz CT molecular complexity index is 401. The predicted octanol–water partition coefficient (Wildman–Crippen LogP) is 2.39. The Balaban J connectivity index is -0.000000120. The molecule has 0 aromatic carbocycles. The van der Waals surface area contributed by atoms with Crippen LogP contribution in [-0.2, 0) is 19.4 Å². The fraction of sp³-hybridized carbons (Fsp3) is 0.812. The number of hydrogen-bond donors (Lipinski definition) is 2. The SMILES string of the molecule is C=C(CCC)C(=O)O.CCN(C)C.CCN(C)C.CCOS(=O)(=O)O. The Labute approximate surface area is 154 Å². The summed E-state index contributed by atoms with van der Waals surface area (Å²) in [6, 6.07) is 0. The summed E-state index contributed by atoms with van der Waals surface area (Å²) in [5, 5.41) is 8.21. The zero-order valence-electron chi connectivity index (χ0n) is 17.1. The molecule has 0 aromatic heterocycles. The summed E-state index contributed by atoms with van der Waals surface area (Å²) in [5.41, 5.74) is 0.299. The third-order valence-corrected chi connectivity index (χ3v) is 2.92. The molecule has 0 bridgehead atoms. The van der Waals surface area contributed by atoms with Crippen molar-refractivity contribution in [3.63, 3.8) is 0 Å². The second-order valence-electron chi connectivity index (χ2n) is 5.28. The largest absolute Gasteiger partial charge is 0.478 e. The van der Waals surface area contributed by atoms with E-state index in [1.165, 1.54) is 6.92 Å². The van der Waals surface area contributed by atoms with E-state index in [1.54, 1.807) is 0 Å². The monoisotopic (exact) mass is 386 g/mol. The number of aliphatic carboxylic acids is 1. The van der Waals surface area contributed by atoms with Crippen LogP contribution in [0, 0.1) is 0 Å². The highest BCUT2D eigenvalue weighted by Gasteiger charge is 1.99. The van der Waals surface area contributed by atoms with Gasteiger partial charge in [-0.05, 0) is 54.6 Å². The van der Waals surface area contributed by atoms with Crippen LogP contribution < -0.4 is 0 Å². The molecule has 9 heteroatoms. The van der Waals surface area contributed by atoms with Crippen molar-refractivity contribution in [1.82, 2.24) is 9.80 Å². The van der Waals surface area contributed by atoms with Gasteiger partial charge in [0.2, 0.25) is 0 Å². The summed E-state index contributed by atoms with van der Waals surface area (Å²) in [4.78, 5) is 14.2. The van der Waals surface area contributed by atoms with Crippen molar-refractivity contribution in [2.24, 2.45) is 0 Å². The van der Waals surface area contributed by atoms with Crippen LogP contribution in [0.15, 0.2) is 12.2 Å². The van der Waals surface area contributed by atoms with Crippen LogP contribution in [0.2, 0.25) is 0 Å². The van der Waals surface area contributed by atoms with Crippen LogP contribution in [0.5, 0.6) is 0 Å². The third-order valence-electron chi connectivity index (χ3n) is 2.39. The average Bonchev–Trinajstić information content (AvgIpc) is 2.48. The highest BCUT2D eigenvalue weighted by atomic mass is 32.3. The standard InChI is InChI=1S/C6H10O2.2C4H11N.C2H6O4S/c1-3-4-5(2)6(7)8;2*1-4-5(2)3;1-2-6-7(3,4)5/h2-4H2,1H3,(H,7,8);2*4H2,1-3H3;2H2,1H3,(H,3,4,5). The van der Waals surface area contributed by atoms with Gasteiger partial charge in [0.15, 0.2) is 0 Å². The molecule has 25 heavy (non-hydrogen) atoms. The number of carboxylic acids is 1. The minimum absolute atomic E-state index is 0.0289. The summed E-state index contributed by atoms with van der Waals surface area (Å²) < 4.78 is 30.7. The van der Waals surface area contributed by atoms with E-state index < -0.39 is 16.4 Å². The summed E-state index contributed by atoms with van der Waals surface area (Å²) >= 11 is 0. The Morgan fingerprint density at radius 2 is 1.32 bits per heavy atom. The van der Waals surface area contributed by atoms with Gasteiger partial charge in [-0.2, -0.15) is 8.42 Å². The van der Waals surface area contributed by atoms with Crippen LogP contribution in [0.3, 0.4) is 0 Å². The summed E-state index contributed by atoms with van der Waals surface area (Å²) in [7, 11) is 4.05. The molecule has 0 rings (SSSR count). The molecule has 154 valence electrons. The smallest absolute Gasteiger partial charge is 0.397 e. The van der Waals surface area contributed by atoms with Gasteiger partial charge in [-0.15, -0.1) is 0 Å². The highest BCUT2D eigenvalue weighted by Crippen LogP contribution is 1.99. The number of hydrogen-bond acceptors (Lipinski definition) is 6. The van der Waals surface area contributed by atoms with E-state index >= 15 is 0 Å². The molecule has 0 saturated carbocycles. The van der Waals surface area contributed by atoms with Crippen molar-refractivity contribution in [2.45, 2.75) is 40.5 Å². The molecule has 0 amide bonds. The van der Waals surface area contributed by atoms with Crippen LogP contribution in [-0.4, -0.2) is 81.7 Å². The van der Waals surface area contributed by atoms with Crippen LogP contribution in [0.1, 0.15) is 40.5 Å². The molecule has 0 heterocycles. The van der Waals surface area contributed by atoms with E-state index in [4.69, 9.17) is 9.66 Å². The first-order valence-electron chi connectivity index (χ1n) is 8.11. The maximum absolute atomic E-state index is 9.99. The molecule has 0 atom stereocenters. The number of rotatable bonds is 7. The zero-order chi connectivity index (χ0) is 21.1. The van der Waals surface area contributed by atoms with E-state index in [1.807, 2.05) is 6.92 Å². The van der Waals surface area contributed by atoms with Gasteiger partial charge in [0, 0.05) is 5.57 Å². The van der Waals surface area contributed by atoms with Crippen molar-refractivity contribution in [2.75, 3.05) is 47.9 Å². The van der Waals surface area contributed by atoms with Gasteiger partial charge >= 0.3 is 16.4 Å². The summed E-state index contributed by atoms with van der Waals surface area (Å²) in [6.45, 7) is 13.2. The Morgan fingerprint density at radius 1 is 1.00 bits per heavy atom.